The third-order valence-corrected chi connectivity index (χ3v) is 5.90. The summed E-state index contributed by atoms with van der Waals surface area (Å²) in [5, 5.41) is 4.87. The van der Waals surface area contributed by atoms with E-state index in [1.807, 2.05) is 24.3 Å². The fourth-order valence-corrected chi connectivity index (χ4v) is 4.00. The van der Waals surface area contributed by atoms with Gasteiger partial charge in [-0.05, 0) is 47.7 Å². The van der Waals surface area contributed by atoms with Crippen LogP contribution in [-0.4, -0.2) is 10.5 Å². The van der Waals surface area contributed by atoms with Crippen LogP contribution in [0.2, 0.25) is 5.02 Å². The van der Waals surface area contributed by atoms with Crippen molar-refractivity contribution < 1.29 is 4.79 Å². The summed E-state index contributed by atoms with van der Waals surface area (Å²) in [5.41, 5.74) is 5.93. The molecule has 0 aliphatic rings. The van der Waals surface area contributed by atoms with E-state index < -0.39 is 0 Å². The monoisotopic (exact) mass is 416 g/mol. The highest BCUT2D eigenvalue weighted by Crippen LogP contribution is 2.24. The van der Waals surface area contributed by atoms with Crippen LogP contribution in [0.4, 0.5) is 0 Å². The normalized spacial score (nSPS) is 11.0. The molecule has 0 radical (unpaired) electrons. The highest BCUT2D eigenvalue weighted by Gasteiger charge is 2.11. The number of carbonyl (C=O) groups is 1. The summed E-state index contributed by atoms with van der Waals surface area (Å²) in [4.78, 5) is 12.4. The summed E-state index contributed by atoms with van der Waals surface area (Å²) in [5.74, 6) is 0.0330. The van der Waals surface area contributed by atoms with Crippen molar-refractivity contribution in [1.82, 2.24) is 9.88 Å². The van der Waals surface area contributed by atoms with Crippen molar-refractivity contribution in [3.8, 4) is 0 Å². The molecule has 0 bridgehead atoms. The van der Waals surface area contributed by atoms with Gasteiger partial charge in [0, 0.05) is 41.6 Å². The number of hydrogen-bond donors (Lipinski definition) is 1. The molecule has 4 heteroatoms. The Balaban J connectivity index is 1.46. The third-order valence-electron chi connectivity index (χ3n) is 5.53. The number of halogens is 1. The first-order valence-corrected chi connectivity index (χ1v) is 10.6. The predicted molar refractivity (Wildman–Crippen MR) is 124 cm³/mol. The molecule has 1 N–H and O–H groups in total. The maximum Gasteiger partial charge on any atom is 0.220 e. The zero-order valence-corrected chi connectivity index (χ0v) is 17.8. The van der Waals surface area contributed by atoms with Gasteiger partial charge in [-0.25, -0.2) is 0 Å². The number of rotatable bonds is 7. The molecule has 1 heterocycles. The molecule has 1 aromatic heterocycles. The smallest absolute Gasteiger partial charge is 0.220 e. The average molecular weight is 417 g/mol. The highest BCUT2D eigenvalue weighted by atomic mass is 35.5. The Morgan fingerprint density at radius 1 is 0.900 bits per heavy atom. The summed E-state index contributed by atoms with van der Waals surface area (Å²) < 4.78 is 2.29. The molecule has 0 fully saturated rings. The summed E-state index contributed by atoms with van der Waals surface area (Å²) in [6, 6.07) is 24.5. The molecule has 3 aromatic carbocycles. The van der Waals surface area contributed by atoms with Gasteiger partial charge in [0.2, 0.25) is 5.91 Å². The number of hydrogen-bond acceptors (Lipinski definition) is 1. The number of carbonyl (C=O) groups excluding carboxylic acids is 1. The number of para-hydroxylation sites is 1. The third kappa shape index (κ3) is 4.58. The first kappa shape index (κ1) is 20.2. The second-order valence-electron chi connectivity index (χ2n) is 7.59. The minimum Gasteiger partial charge on any atom is -0.352 e. The number of aromatic nitrogens is 1. The van der Waals surface area contributed by atoms with Crippen LogP contribution in [-0.2, 0) is 24.3 Å². The second-order valence-corrected chi connectivity index (χ2v) is 8.00. The van der Waals surface area contributed by atoms with Crippen molar-refractivity contribution in [2.24, 2.45) is 0 Å². The van der Waals surface area contributed by atoms with Crippen LogP contribution in [0.3, 0.4) is 0 Å². The molecule has 0 unspecified atom stereocenters. The summed E-state index contributed by atoms with van der Waals surface area (Å²) in [6.07, 6.45) is 3.34. The molecule has 0 aliphatic heterocycles. The van der Waals surface area contributed by atoms with Crippen LogP contribution in [0.5, 0.6) is 0 Å². The van der Waals surface area contributed by atoms with Gasteiger partial charge < -0.3 is 9.88 Å². The molecule has 1 amide bonds. The Morgan fingerprint density at radius 3 is 2.40 bits per heavy atom. The number of nitrogens with one attached hydrogen (secondary N) is 1. The Bertz CT molecular complexity index is 1180. The molecule has 0 saturated carbocycles. The zero-order valence-electron chi connectivity index (χ0n) is 17.1. The molecule has 3 nitrogen and oxygen atoms in total. The van der Waals surface area contributed by atoms with Gasteiger partial charge in [0.15, 0.2) is 0 Å². The minimum absolute atomic E-state index is 0.0330. The van der Waals surface area contributed by atoms with E-state index in [9.17, 15) is 4.79 Å². The topological polar surface area (TPSA) is 34.0 Å². The molecule has 4 aromatic rings. The number of fused-ring (bicyclic) bond motifs is 1. The van der Waals surface area contributed by atoms with Gasteiger partial charge in [0.05, 0.1) is 0 Å². The maximum atomic E-state index is 12.4. The molecular formula is C26H25ClN2O. The SMILES string of the molecule is Cc1ccccc1Cn1cc(CCC(=O)NCc2ccccc2Cl)c2ccccc21. The number of nitrogens with zero attached hydrogens (tertiary/aromatic N) is 1. The Morgan fingerprint density at radius 2 is 1.60 bits per heavy atom. The van der Waals surface area contributed by atoms with Crippen molar-refractivity contribution in [1.29, 1.82) is 0 Å². The zero-order chi connectivity index (χ0) is 20.9. The summed E-state index contributed by atoms with van der Waals surface area (Å²) >= 11 is 6.17. The van der Waals surface area contributed by atoms with Gasteiger partial charge >= 0.3 is 0 Å². The molecule has 4 rings (SSSR count). The van der Waals surface area contributed by atoms with Crippen LogP contribution >= 0.6 is 11.6 Å². The van der Waals surface area contributed by atoms with Crippen LogP contribution in [0.25, 0.3) is 10.9 Å². The molecule has 0 atom stereocenters. The molecule has 0 spiro atoms. The maximum absolute atomic E-state index is 12.4. The highest BCUT2D eigenvalue weighted by molar-refractivity contribution is 6.31. The van der Waals surface area contributed by atoms with Gasteiger partial charge in [-0.15, -0.1) is 0 Å². The molecular weight excluding hydrogens is 392 g/mol. The number of benzene rings is 3. The Kier molecular flexibility index (Phi) is 6.20. The largest absolute Gasteiger partial charge is 0.352 e. The molecule has 152 valence electrons. The standard InChI is InChI=1S/C26H25ClN2O/c1-19-8-2-3-10-21(19)17-29-18-22(23-11-5-7-13-25(23)29)14-15-26(30)28-16-20-9-4-6-12-24(20)27/h2-13,18H,14-17H2,1H3,(H,28,30). The van der Waals surface area contributed by atoms with Crippen LogP contribution in [0.15, 0.2) is 79.0 Å². The van der Waals surface area contributed by atoms with E-state index in [1.165, 1.54) is 27.6 Å². The summed E-state index contributed by atoms with van der Waals surface area (Å²) in [7, 11) is 0. The second kappa shape index (κ2) is 9.19. The van der Waals surface area contributed by atoms with Crippen LogP contribution < -0.4 is 5.32 Å². The first-order valence-electron chi connectivity index (χ1n) is 10.2. The number of aryl methyl sites for hydroxylation is 2. The lowest BCUT2D eigenvalue weighted by atomic mass is 10.1. The van der Waals surface area contributed by atoms with Crippen LogP contribution in [0.1, 0.15) is 28.7 Å². The van der Waals surface area contributed by atoms with E-state index in [1.54, 1.807) is 0 Å². The quantitative estimate of drug-likeness (QED) is 0.399. The summed E-state index contributed by atoms with van der Waals surface area (Å²) in [6.45, 7) is 3.42. The fourth-order valence-electron chi connectivity index (χ4n) is 3.80. The lowest BCUT2D eigenvalue weighted by Crippen LogP contribution is -2.23. The van der Waals surface area contributed by atoms with Crippen molar-refractivity contribution in [2.75, 3.05) is 0 Å². The molecule has 0 aliphatic carbocycles. The van der Waals surface area contributed by atoms with Crippen LogP contribution in [0, 0.1) is 6.92 Å². The van der Waals surface area contributed by atoms with Gasteiger partial charge in [-0.2, -0.15) is 0 Å². The van der Waals surface area contributed by atoms with Crippen molar-refractivity contribution in [3.05, 3.63) is 106 Å². The van der Waals surface area contributed by atoms with E-state index >= 15 is 0 Å². The molecule has 30 heavy (non-hydrogen) atoms. The Labute approximate surface area is 182 Å². The van der Waals surface area contributed by atoms with E-state index in [2.05, 4.69) is 71.5 Å². The van der Waals surface area contributed by atoms with E-state index in [-0.39, 0.29) is 5.91 Å². The average Bonchev–Trinajstić information content (AvgIpc) is 3.11. The van der Waals surface area contributed by atoms with Gasteiger partial charge in [-0.1, -0.05) is 72.3 Å². The van der Waals surface area contributed by atoms with Gasteiger partial charge in [0.1, 0.15) is 0 Å². The van der Waals surface area contributed by atoms with Gasteiger partial charge in [0.25, 0.3) is 0 Å². The van der Waals surface area contributed by atoms with Crippen molar-refractivity contribution in [3.63, 3.8) is 0 Å². The number of amides is 1. The van der Waals surface area contributed by atoms with E-state index in [4.69, 9.17) is 11.6 Å². The van der Waals surface area contributed by atoms with Gasteiger partial charge in [-0.3, -0.25) is 4.79 Å². The Hall–Kier alpha value is -3.04. The predicted octanol–water partition coefficient (Wildman–Crippen LogP) is 5.90. The van der Waals surface area contributed by atoms with Crippen molar-refractivity contribution >= 4 is 28.4 Å². The minimum atomic E-state index is 0.0330. The lowest BCUT2D eigenvalue weighted by Gasteiger charge is -2.08. The van der Waals surface area contributed by atoms with Crippen molar-refractivity contribution in [2.45, 2.75) is 32.9 Å². The van der Waals surface area contributed by atoms with E-state index in [0.717, 1.165) is 12.1 Å². The lowest BCUT2D eigenvalue weighted by molar-refractivity contribution is -0.121. The fraction of sp³-hybridized carbons (Fsp3) is 0.192. The first-order chi connectivity index (χ1) is 14.6. The molecule has 0 saturated heterocycles. The van der Waals surface area contributed by atoms with E-state index in [0.29, 0.717) is 24.4 Å².